The lowest BCUT2D eigenvalue weighted by Crippen LogP contribution is -2.48. The highest BCUT2D eigenvalue weighted by Gasteiger charge is 2.19. The third-order valence-electron chi connectivity index (χ3n) is 6.02. The van der Waals surface area contributed by atoms with Crippen LogP contribution in [0.1, 0.15) is 13.8 Å². The maximum absolute atomic E-state index is 14.5. The fourth-order valence-corrected chi connectivity index (χ4v) is 4.11. The number of anilines is 3. The number of nitrogens with one attached hydrogen (secondary N) is 1. The second kappa shape index (κ2) is 10.3. The van der Waals surface area contributed by atoms with Crippen molar-refractivity contribution in [3.8, 4) is 11.3 Å². The van der Waals surface area contributed by atoms with Crippen LogP contribution in [0.3, 0.4) is 0 Å². The van der Waals surface area contributed by atoms with Gasteiger partial charge in [0.15, 0.2) is 5.82 Å². The van der Waals surface area contributed by atoms with E-state index in [1.54, 1.807) is 6.20 Å². The van der Waals surface area contributed by atoms with Crippen molar-refractivity contribution in [3.63, 3.8) is 0 Å². The lowest BCUT2D eigenvalue weighted by Gasteiger charge is -2.38. The van der Waals surface area contributed by atoms with Gasteiger partial charge in [0, 0.05) is 49.4 Å². The van der Waals surface area contributed by atoms with Crippen LogP contribution < -0.4 is 10.2 Å². The fraction of sp³-hybridized carbons (Fsp3) is 0.280. The fourth-order valence-electron chi connectivity index (χ4n) is 4.11. The minimum Gasteiger partial charge on any atom is -0.368 e. The largest absolute Gasteiger partial charge is 0.368 e. The van der Waals surface area contributed by atoms with E-state index in [9.17, 15) is 4.39 Å². The van der Waals surface area contributed by atoms with E-state index >= 15 is 0 Å². The lowest BCUT2D eigenvalue weighted by molar-refractivity contribution is 0.209. The molecule has 0 saturated carbocycles. The van der Waals surface area contributed by atoms with Crippen LogP contribution in [0.2, 0.25) is 0 Å². The molecule has 0 atom stereocenters. The maximum Gasteiger partial charge on any atom is 0.229 e. The number of nitrogens with zero attached hydrogens (tertiary/aromatic N) is 6. The van der Waals surface area contributed by atoms with E-state index in [1.165, 1.54) is 6.20 Å². The average Bonchev–Trinajstić information content (AvgIpc) is 2.85. The van der Waals surface area contributed by atoms with Crippen LogP contribution in [0.15, 0.2) is 61.1 Å². The third-order valence-corrected chi connectivity index (χ3v) is 6.02. The van der Waals surface area contributed by atoms with Crippen molar-refractivity contribution in [1.82, 2.24) is 24.8 Å². The number of halogens is 2. The molecule has 1 fully saturated rings. The molecule has 0 radical (unpaired) electrons. The van der Waals surface area contributed by atoms with Crippen LogP contribution in [0, 0.1) is 5.82 Å². The summed E-state index contributed by atoms with van der Waals surface area (Å²) in [5.41, 5.74) is 2.85. The van der Waals surface area contributed by atoms with Crippen molar-refractivity contribution < 1.29 is 4.39 Å². The second-order valence-corrected chi connectivity index (χ2v) is 8.44. The number of benzene rings is 1. The van der Waals surface area contributed by atoms with Gasteiger partial charge in [-0.25, -0.2) is 19.3 Å². The van der Waals surface area contributed by atoms with E-state index in [0.717, 1.165) is 42.8 Å². The summed E-state index contributed by atoms with van der Waals surface area (Å²) in [4.78, 5) is 22.2. The molecule has 9 heteroatoms. The van der Waals surface area contributed by atoms with Crippen LogP contribution in [0.25, 0.3) is 22.2 Å². The lowest BCUT2D eigenvalue weighted by atomic mass is 10.1. The van der Waals surface area contributed by atoms with E-state index in [4.69, 9.17) is 0 Å². The third kappa shape index (κ3) is 5.08. The van der Waals surface area contributed by atoms with Gasteiger partial charge in [0.05, 0.1) is 23.6 Å². The van der Waals surface area contributed by atoms with E-state index in [0.29, 0.717) is 23.4 Å². The molecule has 7 nitrogen and oxygen atoms in total. The Labute approximate surface area is 204 Å². The van der Waals surface area contributed by atoms with E-state index in [1.807, 2.05) is 48.7 Å². The maximum atomic E-state index is 14.5. The van der Waals surface area contributed by atoms with Crippen LogP contribution in [0.4, 0.5) is 21.8 Å². The zero-order chi connectivity index (χ0) is 22.8. The van der Waals surface area contributed by atoms with Crippen LogP contribution in [-0.2, 0) is 0 Å². The molecule has 0 amide bonds. The zero-order valence-corrected chi connectivity index (χ0v) is 20.0. The molecule has 1 aliphatic rings. The first-order chi connectivity index (χ1) is 16.1. The smallest absolute Gasteiger partial charge is 0.229 e. The number of rotatable bonds is 5. The first-order valence-corrected chi connectivity index (χ1v) is 11.2. The Morgan fingerprint density at radius 3 is 2.50 bits per heavy atom. The van der Waals surface area contributed by atoms with Crippen molar-refractivity contribution in [3.05, 3.63) is 66.9 Å². The molecule has 0 unspecified atom stereocenters. The van der Waals surface area contributed by atoms with Crippen molar-refractivity contribution in [2.24, 2.45) is 0 Å². The van der Waals surface area contributed by atoms with Crippen molar-refractivity contribution in [2.45, 2.75) is 19.9 Å². The molecule has 1 N–H and O–H groups in total. The average molecular weight is 480 g/mol. The highest BCUT2D eigenvalue weighted by Crippen LogP contribution is 2.26. The van der Waals surface area contributed by atoms with Gasteiger partial charge in [-0.15, -0.1) is 12.4 Å². The molecule has 4 heterocycles. The molecule has 176 valence electrons. The SMILES string of the molecule is CC(C)N1CCN(c2ccc(Nc3ncc(F)c(-c4ccc5ncccc5c4)n3)nc2)CC1.Cl. The summed E-state index contributed by atoms with van der Waals surface area (Å²) < 4.78 is 14.5. The number of aromatic nitrogens is 4. The van der Waals surface area contributed by atoms with Crippen LogP contribution >= 0.6 is 12.4 Å². The first kappa shape index (κ1) is 23.8. The van der Waals surface area contributed by atoms with E-state index < -0.39 is 5.82 Å². The molecule has 1 saturated heterocycles. The standard InChI is InChI=1S/C25H26FN7.ClH/c1-17(2)32-10-12-33(13-11-32)20-6-8-23(28-15-20)30-25-29-16-21(26)24(31-25)19-5-7-22-18(14-19)4-3-9-27-22;/h3-9,14-17H,10-13H2,1-2H3,(H,28,29,30,31);1H. The number of hydrogen-bond donors (Lipinski definition) is 1. The van der Waals surface area contributed by atoms with Gasteiger partial charge in [-0.3, -0.25) is 9.88 Å². The van der Waals surface area contributed by atoms with Gasteiger partial charge in [-0.05, 0) is 44.2 Å². The first-order valence-electron chi connectivity index (χ1n) is 11.2. The Hall–Kier alpha value is -3.36. The topological polar surface area (TPSA) is 70.1 Å². The van der Waals surface area contributed by atoms with Gasteiger partial charge in [0.25, 0.3) is 0 Å². The molecule has 5 rings (SSSR count). The number of piperazine rings is 1. The summed E-state index contributed by atoms with van der Waals surface area (Å²) in [5, 5.41) is 4.02. The van der Waals surface area contributed by atoms with Gasteiger partial charge in [-0.2, -0.15) is 0 Å². The van der Waals surface area contributed by atoms with E-state index in [-0.39, 0.29) is 18.1 Å². The summed E-state index contributed by atoms with van der Waals surface area (Å²) in [6.07, 6.45) is 4.77. The van der Waals surface area contributed by atoms with Gasteiger partial charge in [-0.1, -0.05) is 12.1 Å². The van der Waals surface area contributed by atoms with Gasteiger partial charge in [0.2, 0.25) is 5.95 Å². The Morgan fingerprint density at radius 1 is 0.941 bits per heavy atom. The van der Waals surface area contributed by atoms with Crippen molar-refractivity contribution in [2.75, 3.05) is 36.4 Å². The molecule has 0 aliphatic carbocycles. The highest BCUT2D eigenvalue weighted by molar-refractivity contribution is 5.85. The van der Waals surface area contributed by atoms with E-state index in [2.05, 4.69) is 48.9 Å². The molecule has 1 aliphatic heterocycles. The van der Waals surface area contributed by atoms with Gasteiger partial charge >= 0.3 is 0 Å². The minimum atomic E-state index is -0.479. The van der Waals surface area contributed by atoms with Crippen molar-refractivity contribution >= 4 is 40.8 Å². The Morgan fingerprint density at radius 2 is 1.76 bits per heavy atom. The van der Waals surface area contributed by atoms with Crippen LogP contribution in [0.5, 0.6) is 0 Å². The molecule has 4 aromatic rings. The number of hydrogen-bond acceptors (Lipinski definition) is 7. The molecular formula is C25H27ClFN7. The summed E-state index contributed by atoms with van der Waals surface area (Å²) in [6.45, 7) is 8.54. The Balaban J connectivity index is 0.00000274. The zero-order valence-electron chi connectivity index (χ0n) is 19.1. The second-order valence-electron chi connectivity index (χ2n) is 8.44. The Bertz CT molecular complexity index is 1260. The van der Waals surface area contributed by atoms with Crippen molar-refractivity contribution in [1.29, 1.82) is 0 Å². The molecular weight excluding hydrogens is 453 g/mol. The highest BCUT2D eigenvalue weighted by atomic mass is 35.5. The quantitative estimate of drug-likeness (QED) is 0.435. The molecule has 34 heavy (non-hydrogen) atoms. The van der Waals surface area contributed by atoms with Crippen LogP contribution in [-0.4, -0.2) is 57.1 Å². The Kier molecular flexibility index (Phi) is 7.19. The van der Waals surface area contributed by atoms with Gasteiger partial charge in [0.1, 0.15) is 11.5 Å². The summed E-state index contributed by atoms with van der Waals surface area (Å²) in [6, 6.07) is 13.9. The predicted octanol–water partition coefficient (Wildman–Crippen LogP) is 4.92. The molecule has 1 aromatic carbocycles. The normalized spacial score (nSPS) is 14.3. The summed E-state index contributed by atoms with van der Waals surface area (Å²) in [5.74, 6) is 0.427. The molecule has 0 spiro atoms. The summed E-state index contributed by atoms with van der Waals surface area (Å²) >= 11 is 0. The molecule has 3 aromatic heterocycles. The monoisotopic (exact) mass is 479 g/mol. The number of pyridine rings is 2. The predicted molar refractivity (Wildman–Crippen MR) is 136 cm³/mol. The van der Waals surface area contributed by atoms with Gasteiger partial charge < -0.3 is 10.2 Å². The minimum absolute atomic E-state index is 0. The summed E-state index contributed by atoms with van der Waals surface area (Å²) in [7, 11) is 0. The molecule has 0 bridgehead atoms. The number of fused-ring (bicyclic) bond motifs is 1.